The molecule has 1 atom stereocenters. The van der Waals surface area contributed by atoms with E-state index in [0.717, 1.165) is 11.1 Å². The first kappa shape index (κ1) is 17.2. The molecule has 1 amide bonds. The van der Waals surface area contributed by atoms with Gasteiger partial charge in [-0.25, -0.2) is 0 Å². The molecule has 0 unspecified atom stereocenters. The molecule has 0 saturated heterocycles. The molecule has 0 aliphatic carbocycles. The lowest BCUT2D eigenvalue weighted by molar-refractivity contribution is -0.116. The monoisotopic (exact) mass is 359 g/mol. The summed E-state index contributed by atoms with van der Waals surface area (Å²) in [4.78, 5) is 12.1. The Bertz CT molecular complexity index is 876. The summed E-state index contributed by atoms with van der Waals surface area (Å²) in [6, 6.07) is 8.03. The highest BCUT2D eigenvalue weighted by Gasteiger charge is 2.28. The van der Waals surface area contributed by atoms with E-state index in [1.54, 1.807) is 18.2 Å². The third-order valence-corrected chi connectivity index (χ3v) is 4.55. The number of amides is 1. The minimum atomic E-state index is -0.198. The third-order valence-electron chi connectivity index (χ3n) is 4.31. The van der Waals surface area contributed by atoms with Crippen molar-refractivity contribution < 1.29 is 19.7 Å². The summed E-state index contributed by atoms with van der Waals surface area (Å²) >= 11 is 6.00. The summed E-state index contributed by atoms with van der Waals surface area (Å²) < 4.78 is 5.18. The number of nitrogens with one attached hydrogen (secondary N) is 1. The number of halogens is 1. The smallest absolute Gasteiger partial charge is 0.225 e. The zero-order chi connectivity index (χ0) is 18.1. The number of rotatable bonds is 3. The van der Waals surface area contributed by atoms with E-state index in [9.17, 15) is 15.0 Å². The van der Waals surface area contributed by atoms with Gasteiger partial charge in [-0.05, 0) is 36.8 Å². The molecule has 0 spiro atoms. The number of phenols is 2. The fourth-order valence-electron chi connectivity index (χ4n) is 3.03. The Kier molecular flexibility index (Phi) is 4.59. The van der Waals surface area contributed by atoms with Gasteiger partial charge in [0.2, 0.25) is 5.91 Å². The minimum absolute atomic E-state index is 0.0312. The average molecular weight is 360 g/mol. The number of hydrogen-bond acceptors (Lipinski definition) is 4. The predicted octanol–water partition coefficient (Wildman–Crippen LogP) is 4.29. The summed E-state index contributed by atoms with van der Waals surface area (Å²) in [5.41, 5.74) is 2.89. The van der Waals surface area contributed by atoms with Crippen LogP contribution in [0.4, 0.5) is 5.69 Å². The summed E-state index contributed by atoms with van der Waals surface area (Å²) in [7, 11) is 1.48. The van der Waals surface area contributed by atoms with E-state index in [-0.39, 0.29) is 29.7 Å². The van der Waals surface area contributed by atoms with Crippen molar-refractivity contribution in [2.75, 3.05) is 12.4 Å². The lowest BCUT2D eigenvalue weighted by Gasteiger charge is -2.27. The normalized spacial score (nSPS) is 17.0. The van der Waals surface area contributed by atoms with Crippen LogP contribution in [0, 0.1) is 0 Å². The van der Waals surface area contributed by atoms with E-state index >= 15 is 0 Å². The number of benzene rings is 2. The second-order valence-electron chi connectivity index (χ2n) is 6.01. The molecule has 1 aliphatic rings. The van der Waals surface area contributed by atoms with Crippen LogP contribution < -0.4 is 10.1 Å². The Hall–Kier alpha value is -2.66. The molecular formula is C19H18ClNO4. The minimum Gasteiger partial charge on any atom is -0.507 e. The van der Waals surface area contributed by atoms with Crippen LogP contribution in [0.1, 0.15) is 30.4 Å². The van der Waals surface area contributed by atoms with Gasteiger partial charge in [0.15, 0.2) is 11.5 Å². The van der Waals surface area contributed by atoms with E-state index in [1.165, 1.54) is 19.2 Å². The molecule has 3 N–H and O–H groups in total. The second kappa shape index (κ2) is 6.69. The highest BCUT2D eigenvalue weighted by Crippen LogP contribution is 2.43. The zero-order valence-electron chi connectivity index (χ0n) is 13.8. The fraction of sp³-hybridized carbons (Fsp3) is 0.211. The largest absolute Gasteiger partial charge is 0.507 e. The number of hydrogen-bond donors (Lipinski definition) is 3. The summed E-state index contributed by atoms with van der Waals surface area (Å²) in [5, 5.41) is 23.2. The zero-order valence-corrected chi connectivity index (χ0v) is 14.6. The van der Waals surface area contributed by atoms with Gasteiger partial charge < -0.3 is 20.3 Å². The highest BCUT2D eigenvalue weighted by molar-refractivity contribution is 6.30. The Balaban J connectivity index is 2.07. The molecule has 0 saturated carbocycles. The number of allylic oxidation sites excluding steroid dienone is 1. The molecule has 2 aromatic carbocycles. The van der Waals surface area contributed by atoms with Gasteiger partial charge in [-0.2, -0.15) is 0 Å². The van der Waals surface area contributed by atoms with Crippen molar-refractivity contribution in [1.29, 1.82) is 0 Å². The van der Waals surface area contributed by atoms with Gasteiger partial charge in [0, 0.05) is 34.7 Å². The SMILES string of the molecule is COc1cc2c(cc1O)NC(=O)C[C@@H]2/C(C)=C/c1cc(Cl)ccc1O. The van der Waals surface area contributed by atoms with Crippen LogP contribution in [0.5, 0.6) is 17.2 Å². The first-order chi connectivity index (χ1) is 11.9. The van der Waals surface area contributed by atoms with Crippen molar-refractivity contribution in [3.8, 4) is 17.2 Å². The molecule has 3 rings (SSSR count). The van der Waals surface area contributed by atoms with Crippen LogP contribution in [0.3, 0.4) is 0 Å². The van der Waals surface area contributed by atoms with E-state index < -0.39 is 0 Å². The van der Waals surface area contributed by atoms with Crippen molar-refractivity contribution in [3.63, 3.8) is 0 Å². The second-order valence-corrected chi connectivity index (χ2v) is 6.44. The van der Waals surface area contributed by atoms with Gasteiger partial charge in [0.25, 0.3) is 0 Å². The van der Waals surface area contributed by atoms with Crippen LogP contribution in [0.25, 0.3) is 6.08 Å². The van der Waals surface area contributed by atoms with Gasteiger partial charge in [-0.1, -0.05) is 23.3 Å². The topological polar surface area (TPSA) is 78.8 Å². The molecule has 1 aliphatic heterocycles. The van der Waals surface area contributed by atoms with Crippen LogP contribution in [-0.2, 0) is 4.79 Å². The first-order valence-corrected chi connectivity index (χ1v) is 8.14. The third kappa shape index (κ3) is 3.42. The number of anilines is 1. The van der Waals surface area contributed by atoms with Crippen molar-refractivity contribution in [2.24, 2.45) is 0 Å². The van der Waals surface area contributed by atoms with Crippen molar-refractivity contribution in [3.05, 3.63) is 52.1 Å². The van der Waals surface area contributed by atoms with Gasteiger partial charge in [0.1, 0.15) is 5.75 Å². The number of carbonyl (C=O) groups excluding carboxylic acids is 1. The van der Waals surface area contributed by atoms with E-state index in [0.29, 0.717) is 22.0 Å². The molecule has 130 valence electrons. The quantitative estimate of drug-likeness (QED) is 0.763. The lowest BCUT2D eigenvalue weighted by Crippen LogP contribution is -2.23. The Morgan fingerprint density at radius 2 is 2.04 bits per heavy atom. The molecular weight excluding hydrogens is 342 g/mol. The predicted molar refractivity (Wildman–Crippen MR) is 97.4 cm³/mol. The van der Waals surface area contributed by atoms with Gasteiger partial charge in [0.05, 0.1) is 7.11 Å². The maximum absolute atomic E-state index is 12.1. The fourth-order valence-corrected chi connectivity index (χ4v) is 3.21. The van der Waals surface area contributed by atoms with E-state index in [1.807, 2.05) is 13.0 Å². The summed E-state index contributed by atoms with van der Waals surface area (Å²) in [6.07, 6.45) is 2.08. The molecule has 0 aromatic heterocycles. The van der Waals surface area contributed by atoms with Gasteiger partial charge in [-0.15, -0.1) is 0 Å². The Morgan fingerprint density at radius 3 is 2.76 bits per heavy atom. The molecule has 25 heavy (non-hydrogen) atoms. The Morgan fingerprint density at radius 1 is 1.28 bits per heavy atom. The summed E-state index contributed by atoms with van der Waals surface area (Å²) in [5.74, 6) is 0.101. The van der Waals surface area contributed by atoms with Crippen LogP contribution in [-0.4, -0.2) is 23.2 Å². The maximum Gasteiger partial charge on any atom is 0.225 e. The molecule has 6 heteroatoms. The van der Waals surface area contributed by atoms with Crippen LogP contribution >= 0.6 is 11.6 Å². The van der Waals surface area contributed by atoms with E-state index in [2.05, 4.69) is 5.32 Å². The number of carbonyl (C=O) groups is 1. The molecule has 1 heterocycles. The van der Waals surface area contributed by atoms with Crippen LogP contribution in [0.2, 0.25) is 5.02 Å². The molecule has 5 nitrogen and oxygen atoms in total. The highest BCUT2D eigenvalue weighted by atomic mass is 35.5. The van der Waals surface area contributed by atoms with Gasteiger partial charge >= 0.3 is 0 Å². The van der Waals surface area contributed by atoms with Crippen molar-refractivity contribution >= 4 is 29.3 Å². The van der Waals surface area contributed by atoms with Gasteiger partial charge in [-0.3, -0.25) is 4.79 Å². The van der Waals surface area contributed by atoms with E-state index in [4.69, 9.17) is 16.3 Å². The molecule has 2 aromatic rings. The number of fused-ring (bicyclic) bond motifs is 1. The first-order valence-electron chi connectivity index (χ1n) is 7.76. The number of ether oxygens (including phenoxy) is 1. The lowest BCUT2D eigenvalue weighted by atomic mass is 9.84. The molecule has 0 fully saturated rings. The summed E-state index contributed by atoms with van der Waals surface area (Å²) in [6.45, 7) is 1.90. The molecule has 0 bridgehead atoms. The van der Waals surface area contributed by atoms with Crippen molar-refractivity contribution in [1.82, 2.24) is 0 Å². The average Bonchev–Trinajstić information content (AvgIpc) is 2.56. The number of phenolic OH excluding ortho intramolecular Hbond substituents is 2. The maximum atomic E-state index is 12.1. The Labute approximate surface area is 150 Å². The van der Waals surface area contributed by atoms with Crippen LogP contribution in [0.15, 0.2) is 35.9 Å². The standard InChI is InChI=1S/C19H18ClNO4/c1-10(5-11-6-12(20)3-4-16(11)22)13-8-19(24)21-15-9-17(23)18(25-2)7-14(13)15/h3-7,9,13,22-23H,8H2,1-2H3,(H,21,24)/b10-5+/t13-/m1/s1. The number of methoxy groups -OCH3 is 1. The van der Waals surface area contributed by atoms with Crippen molar-refractivity contribution in [2.45, 2.75) is 19.3 Å². The number of aromatic hydroxyl groups is 2. The molecule has 0 radical (unpaired) electrons.